The molecule has 1 fully saturated rings. The van der Waals surface area contributed by atoms with E-state index in [0.717, 1.165) is 60.6 Å². The molecule has 9 nitrogen and oxygen atoms in total. The van der Waals surface area contributed by atoms with Gasteiger partial charge in [-0.05, 0) is 87.4 Å². The third-order valence-electron chi connectivity index (χ3n) is 8.46. The van der Waals surface area contributed by atoms with Gasteiger partial charge in [0.25, 0.3) is 0 Å². The predicted octanol–water partition coefficient (Wildman–Crippen LogP) is 7.32. The first-order valence-corrected chi connectivity index (χ1v) is 15.4. The van der Waals surface area contributed by atoms with Crippen LogP contribution in [0.4, 0.5) is 4.79 Å². The number of fused-ring (bicyclic) bond motifs is 3. The fourth-order valence-electron chi connectivity index (χ4n) is 5.82. The van der Waals surface area contributed by atoms with E-state index in [4.69, 9.17) is 9.47 Å². The van der Waals surface area contributed by atoms with E-state index in [0.29, 0.717) is 29.0 Å². The molecule has 1 saturated heterocycles. The molecule has 1 atom stereocenters. The maximum Gasteiger partial charge on any atom is 0.513 e. The van der Waals surface area contributed by atoms with Gasteiger partial charge in [-0.15, -0.1) is 0 Å². The van der Waals surface area contributed by atoms with Gasteiger partial charge in [-0.3, -0.25) is 9.59 Å². The molecule has 0 amide bonds. The molecule has 2 heterocycles. The molecule has 230 valence electrons. The minimum atomic E-state index is -0.799. The summed E-state index contributed by atoms with van der Waals surface area (Å²) in [6.07, 6.45) is 3.53. The first kappa shape index (κ1) is 30.9. The average molecular weight is 598 g/mol. The number of Topliss-reactive ketones (excluding diaryl/α,β-unsaturated/α-hetero) is 1. The molecule has 0 saturated carbocycles. The largest absolute Gasteiger partial charge is 0.513 e. The lowest BCUT2D eigenvalue weighted by molar-refractivity contribution is 0.103. The number of carbonyl (C=O) groups excluding carboxylic acids is 3. The molecular formula is C35H39N3O6. The van der Waals surface area contributed by atoms with Gasteiger partial charge in [0, 0.05) is 63.5 Å². The number of rotatable bonds is 13. The molecule has 5 rings (SSSR count). The highest BCUT2D eigenvalue weighted by atomic mass is 16.7. The van der Waals surface area contributed by atoms with Gasteiger partial charge in [-0.25, -0.2) is 4.79 Å². The van der Waals surface area contributed by atoms with Crippen molar-refractivity contribution in [1.82, 2.24) is 9.88 Å². The van der Waals surface area contributed by atoms with Crippen molar-refractivity contribution in [3.63, 3.8) is 0 Å². The van der Waals surface area contributed by atoms with E-state index < -0.39 is 6.16 Å². The summed E-state index contributed by atoms with van der Waals surface area (Å²) in [6.45, 7) is 8.08. The zero-order valence-corrected chi connectivity index (χ0v) is 25.5. The fourth-order valence-corrected chi connectivity index (χ4v) is 5.82. The smallest absolute Gasteiger partial charge is 0.434 e. The summed E-state index contributed by atoms with van der Waals surface area (Å²) in [5, 5.41) is 18.1. The van der Waals surface area contributed by atoms with Crippen LogP contribution in [-0.2, 0) is 4.74 Å². The SMILES string of the molecule is CCCCCC/C(=N\O)C(=O)c1ccc2c(c1)c1cc(C(=O)c3ccc(OC(=O)OCC)cc3)ccc1n2C(C)C1CNC1. The molecule has 1 unspecified atom stereocenters. The topological polar surface area (TPSA) is 119 Å². The van der Waals surface area contributed by atoms with Crippen molar-refractivity contribution in [3.8, 4) is 5.75 Å². The normalized spacial score (nSPS) is 14.4. The summed E-state index contributed by atoms with van der Waals surface area (Å²) in [7, 11) is 0. The van der Waals surface area contributed by atoms with Gasteiger partial charge in [0.2, 0.25) is 5.78 Å². The molecule has 0 aliphatic carbocycles. The summed E-state index contributed by atoms with van der Waals surface area (Å²) in [5.41, 5.74) is 3.51. The first-order chi connectivity index (χ1) is 21.4. The van der Waals surface area contributed by atoms with Crippen molar-refractivity contribution in [2.24, 2.45) is 11.1 Å². The molecular weight excluding hydrogens is 558 g/mol. The lowest BCUT2D eigenvalue weighted by atomic mass is 9.94. The maximum absolute atomic E-state index is 13.6. The summed E-state index contributed by atoms with van der Waals surface area (Å²) in [4.78, 5) is 38.6. The third-order valence-corrected chi connectivity index (χ3v) is 8.46. The molecule has 1 aliphatic heterocycles. The number of ether oxygens (including phenoxy) is 2. The Morgan fingerprint density at radius 2 is 1.55 bits per heavy atom. The van der Waals surface area contributed by atoms with Crippen LogP contribution in [0.2, 0.25) is 0 Å². The number of hydrogen-bond donors (Lipinski definition) is 2. The van der Waals surface area contributed by atoms with Crippen LogP contribution in [-0.4, -0.2) is 52.9 Å². The maximum atomic E-state index is 13.6. The van der Waals surface area contributed by atoms with Gasteiger partial charge in [0.15, 0.2) is 5.78 Å². The van der Waals surface area contributed by atoms with Crippen LogP contribution in [0.1, 0.15) is 85.2 Å². The summed E-state index contributed by atoms with van der Waals surface area (Å²) in [5.74, 6) is 0.274. The number of unbranched alkanes of at least 4 members (excludes halogenated alkanes) is 3. The molecule has 1 aliphatic rings. The van der Waals surface area contributed by atoms with Crippen LogP contribution in [0.5, 0.6) is 5.75 Å². The lowest BCUT2D eigenvalue weighted by Crippen LogP contribution is -2.45. The Morgan fingerprint density at radius 1 is 0.909 bits per heavy atom. The fraction of sp³-hybridized carbons (Fsp3) is 0.371. The average Bonchev–Trinajstić information content (AvgIpc) is 3.33. The van der Waals surface area contributed by atoms with Gasteiger partial charge < -0.3 is 24.6 Å². The Kier molecular flexibility index (Phi) is 9.75. The number of hydrogen-bond acceptors (Lipinski definition) is 8. The summed E-state index contributed by atoms with van der Waals surface area (Å²) in [6, 6.07) is 17.8. The van der Waals surface area contributed by atoms with Crippen LogP contribution in [0.15, 0.2) is 65.8 Å². The highest BCUT2D eigenvalue weighted by Crippen LogP contribution is 2.37. The standard InChI is InChI=1S/C35H39N3O6/c1-4-6-7-8-9-30(37-42)34(40)25-13-17-32-29(19-25)28-18-24(12-16-31(28)38(32)22(3)26-20-36-21-26)33(39)23-10-14-27(15-11-23)44-35(41)43-5-2/h10-19,22,26,36,42H,4-9,20-21H2,1-3H3/b37-30+. The van der Waals surface area contributed by atoms with E-state index >= 15 is 0 Å². The number of oxime groups is 1. The summed E-state index contributed by atoms with van der Waals surface area (Å²) >= 11 is 0. The van der Waals surface area contributed by atoms with Crippen LogP contribution in [0.3, 0.4) is 0 Å². The Morgan fingerprint density at radius 3 is 2.14 bits per heavy atom. The number of ketones is 2. The molecule has 44 heavy (non-hydrogen) atoms. The molecule has 0 spiro atoms. The quantitative estimate of drug-likeness (QED) is 0.0315. The number of benzene rings is 3. The number of nitrogens with zero attached hydrogens (tertiary/aromatic N) is 2. The molecule has 9 heteroatoms. The van der Waals surface area contributed by atoms with Gasteiger partial charge >= 0.3 is 6.16 Å². The zero-order chi connectivity index (χ0) is 31.2. The number of aromatic nitrogens is 1. The molecule has 3 aromatic carbocycles. The van der Waals surface area contributed by atoms with Gasteiger partial charge in [-0.2, -0.15) is 0 Å². The van der Waals surface area contributed by atoms with Gasteiger partial charge in [0.05, 0.1) is 6.61 Å². The van der Waals surface area contributed by atoms with E-state index in [9.17, 15) is 19.6 Å². The van der Waals surface area contributed by atoms with Crippen LogP contribution in [0, 0.1) is 5.92 Å². The second-order valence-electron chi connectivity index (χ2n) is 11.3. The van der Waals surface area contributed by atoms with Crippen molar-refractivity contribution in [3.05, 3.63) is 77.4 Å². The van der Waals surface area contributed by atoms with Crippen LogP contribution < -0.4 is 10.1 Å². The van der Waals surface area contributed by atoms with E-state index in [1.165, 1.54) is 0 Å². The van der Waals surface area contributed by atoms with Crippen LogP contribution >= 0.6 is 0 Å². The van der Waals surface area contributed by atoms with Gasteiger partial charge in [-0.1, -0.05) is 31.3 Å². The van der Waals surface area contributed by atoms with Crippen molar-refractivity contribution in [2.45, 2.75) is 58.9 Å². The second kappa shape index (κ2) is 13.9. The highest BCUT2D eigenvalue weighted by molar-refractivity contribution is 6.46. The minimum absolute atomic E-state index is 0.157. The molecule has 0 bridgehead atoms. The van der Waals surface area contributed by atoms with E-state index in [1.54, 1.807) is 37.3 Å². The van der Waals surface area contributed by atoms with E-state index in [-0.39, 0.29) is 35.7 Å². The van der Waals surface area contributed by atoms with E-state index in [2.05, 4.69) is 28.9 Å². The zero-order valence-electron chi connectivity index (χ0n) is 25.5. The van der Waals surface area contributed by atoms with Crippen LogP contribution in [0.25, 0.3) is 21.8 Å². The molecule has 1 aromatic heterocycles. The minimum Gasteiger partial charge on any atom is -0.434 e. The Hall–Kier alpha value is -4.50. The van der Waals surface area contributed by atoms with Crippen molar-refractivity contribution in [1.29, 1.82) is 0 Å². The molecule has 0 radical (unpaired) electrons. The van der Waals surface area contributed by atoms with Crippen molar-refractivity contribution >= 4 is 45.2 Å². The number of carbonyl (C=O) groups is 3. The van der Waals surface area contributed by atoms with Gasteiger partial charge in [0.1, 0.15) is 11.5 Å². The lowest BCUT2D eigenvalue weighted by Gasteiger charge is -2.34. The summed E-state index contributed by atoms with van der Waals surface area (Å²) < 4.78 is 12.2. The predicted molar refractivity (Wildman–Crippen MR) is 170 cm³/mol. The van der Waals surface area contributed by atoms with Crippen molar-refractivity contribution < 1.29 is 29.1 Å². The Balaban J connectivity index is 1.51. The second-order valence-corrected chi connectivity index (χ2v) is 11.3. The van der Waals surface area contributed by atoms with Crippen molar-refractivity contribution in [2.75, 3.05) is 19.7 Å². The Bertz CT molecular complexity index is 1700. The third kappa shape index (κ3) is 6.38. The first-order valence-electron chi connectivity index (χ1n) is 15.4. The number of nitrogens with one attached hydrogen (secondary N) is 1. The monoisotopic (exact) mass is 597 g/mol. The highest BCUT2D eigenvalue weighted by Gasteiger charge is 2.28. The molecule has 2 N–H and O–H groups in total. The Labute approximate surface area is 256 Å². The molecule has 4 aromatic rings. The van der Waals surface area contributed by atoms with E-state index in [1.807, 2.05) is 30.3 Å².